The Morgan fingerprint density at radius 1 is 1.54 bits per heavy atom. The summed E-state index contributed by atoms with van der Waals surface area (Å²) in [6.07, 6.45) is 0. The van der Waals surface area contributed by atoms with Crippen LogP contribution < -0.4 is 5.90 Å². The summed E-state index contributed by atoms with van der Waals surface area (Å²) >= 11 is 5.84. The van der Waals surface area contributed by atoms with E-state index in [4.69, 9.17) is 17.5 Å². The summed E-state index contributed by atoms with van der Waals surface area (Å²) in [5.41, 5.74) is 2.65. The SMILES string of the molecule is Cc1cc(O)c(Cl)c(C)c1CON. The van der Waals surface area contributed by atoms with Crippen molar-refractivity contribution in [1.29, 1.82) is 0 Å². The molecule has 1 aromatic rings. The van der Waals surface area contributed by atoms with Gasteiger partial charge in [-0.2, -0.15) is 0 Å². The highest BCUT2D eigenvalue weighted by Gasteiger charge is 2.10. The van der Waals surface area contributed by atoms with Crippen molar-refractivity contribution in [3.8, 4) is 5.75 Å². The number of aryl methyl sites for hydroxylation is 1. The van der Waals surface area contributed by atoms with Crippen molar-refractivity contribution in [2.24, 2.45) is 5.90 Å². The molecular formula is C9H12ClNO2. The Hall–Kier alpha value is -0.770. The topological polar surface area (TPSA) is 55.5 Å². The van der Waals surface area contributed by atoms with E-state index < -0.39 is 0 Å². The van der Waals surface area contributed by atoms with Crippen molar-refractivity contribution in [3.63, 3.8) is 0 Å². The van der Waals surface area contributed by atoms with E-state index >= 15 is 0 Å². The fourth-order valence-corrected chi connectivity index (χ4v) is 1.45. The number of halogens is 1. The molecule has 0 saturated heterocycles. The van der Waals surface area contributed by atoms with Crippen LogP contribution in [0.15, 0.2) is 6.07 Å². The van der Waals surface area contributed by atoms with Crippen LogP contribution in [0.3, 0.4) is 0 Å². The average molecular weight is 202 g/mol. The Labute approximate surface area is 82.0 Å². The van der Waals surface area contributed by atoms with Crippen LogP contribution in [0.2, 0.25) is 5.02 Å². The minimum Gasteiger partial charge on any atom is -0.506 e. The molecule has 0 fully saturated rings. The summed E-state index contributed by atoms with van der Waals surface area (Å²) in [6, 6.07) is 1.60. The van der Waals surface area contributed by atoms with Crippen molar-refractivity contribution in [1.82, 2.24) is 0 Å². The van der Waals surface area contributed by atoms with Crippen LogP contribution in [0.4, 0.5) is 0 Å². The summed E-state index contributed by atoms with van der Waals surface area (Å²) in [4.78, 5) is 4.54. The monoisotopic (exact) mass is 201 g/mol. The molecule has 0 spiro atoms. The second-order valence-corrected chi connectivity index (χ2v) is 3.32. The van der Waals surface area contributed by atoms with Gasteiger partial charge in [-0.05, 0) is 36.6 Å². The van der Waals surface area contributed by atoms with Crippen molar-refractivity contribution >= 4 is 11.6 Å². The summed E-state index contributed by atoms with van der Waals surface area (Å²) in [6.45, 7) is 4.00. The molecule has 0 radical (unpaired) electrons. The summed E-state index contributed by atoms with van der Waals surface area (Å²) in [7, 11) is 0. The first kappa shape index (κ1) is 10.3. The second-order valence-electron chi connectivity index (χ2n) is 2.94. The van der Waals surface area contributed by atoms with Crippen LogP contribution >= 0.6 is 11.6 Å². The van der Waals surface area contributed by atoms with Crippen LogP contribution in [0.5, 0.6) is 5.75 Å². The average Bonchev–Trinajstić information content (AvgIpc) is 2.09. The Morgan fingerprint density at radius 2 is 2.15 bits per heavy atom. The predicted molar refractivity (Wildman–Crippen MR) is 51.6 cm³/mol. The first-order valence-electron chi connectivity index (χ1n) is 3.87. The van der Waals surface area contributed by atoms with E-state index in [1.807, 2.05) is 13.8 Å². The molecule has 1 aromatic carbocycles. The lowest BCUT2D eigenvalue weighted by molar-refractivity contribution is 0.123. The first-order valence-corrected chi connectivity index (χ1v) is 4.25. The maximum absolute atomic E-state index is 9.37. The lowest BCUT2D eigenvalue weighted by atomic mass is 10.0. The zero-order valence-corrected chi connectivity index (χ0v) is 8.35. The molecule has 3 nitrogen and oxygen atoms in total. The molecule has 0 heterocycles. The number of hydrogen-bond acceptors (Lipinski definition) is 3. The third-order valence-electron chi connectivity index (χ3n) is 2.06. The quantitative estimate of drug-likeness (QED) is 0.721. The van der Waals surface area contributed by atoms with E-state index in [9.17, 15) is 5.11 Å². The third kappa shape index (κ3) is 1.94. The standard InChI is InChI=1S/C9H12ClNO2/c1-5-3-8(12)9(10)6(2)7(5)4-13-11/h3,12H,4,11H2,1-2H3. The lowest BCUT2D eigenvalue weighted by Gasteiger charge is -2.11. The minimum atomic E-state index is 0.0949. The molecule has 13 heavy (non-hydrogen) atoms. The predicted octanol–water partition coefficient (Wildman–Crippen LogP) is 2.05. The van der Waals surface area contributed by atoms with E-state index in [1.54, 1.807) is 6.07 Å². The smallest absolute Gasteiger partial charge is 0.134 e. The molecule has 0 amide bonds. The maximum atomic E-state index is 9.37. The van der Waals surface area contributed by atoms with E-state index in [2.05, 4.69) is 4.84 Å². The molecule has 3 N–H and O–H groups in total. The number of benzene rings is 1. The number of hydrogen-bond donors (Lipinski definition) is 2. The number of aromatic hydroxyl groups is 1. The molecule has 0 unspecified atom stereocenters. The number of phenolic OH excluding ortho intramolecular Hbond substituents is 1. The molecule has 0 bridgehead atoms. The van der Waals surface area contributed by atoms with E-state index in [1.165, 1.54) is 0 Å². The molecule has 0 aliphatic rings. The van der Waals surface area contributed by atoms with Gasteiger partial charge in [0.25, 0.3) is 0 Å². The van der Waals surface area contributed by atoms with Gasteiger partial charge in [0.05, 0.1) is 11.6 Å². The number of rotatable bonds is 2. The highest BCUT2D eigenvalue weighted by Crippen LogP contribution is 2.31. The molecule has 0 atom stereocenters. The van der Waals surface area contributed by atoms with Crippen molar-refractivity contribution in [2.45, 2.75) is 20.5 Å². The fourth-order valence-electron chi connectivity index (χ4n) is 1.28. The van der Waals surface area contributed by atoms with Gasteiger partial charge in [-0.15, -0.1) is 0 Å². The Balaban J connectivity index is 3.26. The van der Waals surface area contributed by atoms with E-state index in [0.717, 1.165) is 16.7 Å². The minimum absolute atomic E-state index is 0.0949. The van der Waals surface area contributed by atoms with Crippen molar-refractivity contribution in [3.05, 3.63) is 27.8 Å². The highest BCUT2D eigenvalue weighted by molar-refractivity contribution is 6.32. The first-order chi connectivity index (χ1) is 6.07. The van der Waals surface area contributed by atoms with Gasteiger partial charge < -0.3 is 5.11 Å². The molecule has 0 saturated carbocycles. The zero-order valence-electron chi connectivity index (χ0n) is 7.60. The van der Waals surface area contributed by atoms with Gasteiger partial charge >= 0.3 is 0 Å². The second kappa shape index (κ2) is 3.96. The maximum Gasteiger partial charge on any atom is 0.134 e. The lowest BCUT2D eigenvalue weighted by Crippen LogP contribution is -2.03. The molecule has 0 aliphatic carbocycles. The van der Waals surface area contributed by atoms with E-state index in [0.29, 0.717) is 11.6 Å². The van der Waals surface area contributed by atoms with Gasteiger partial charge in [-0.3, -0.25) is 4.84 Å². The Morgan fingerprint density at radius 3 is 2.69 bits per heavy atom. The van der Waals surface area contributed by atoms with Crippen LogP contribution in [-0.2, 0) is 11.4 Å². The Kier molecular flexibility index (Phi) is 3.14. The van der Waals surface area contributed by atoms with Crippen LogP contribution in [0.25, 0.3) is 0 Å². The zero-order chi connectivity index (χ0) is 10.0. The molecular weight excluding hydrogens is 190 g/mol. The van der Waals surface area contributed by atoms with Crippen LogP contribution in [0, 0.1) is 13.8 Å². The van der Waals surface area contributed by atoms with Gasteiger partial charge in [0, 0.05) is 0 Å². The summed E-state index contributed by atoms with van der Waals surface area (Å²) < 4.78 is 0. The molecule has 0 aliphatic heterocycles. The van der Waals surface area contributed by atoms with E-state index in [-0.39, 0.29) is 5.75 Å². The number of nitrogens with two attached hydrogens (primary N) is 1. The van der Waals surface area contributed by atoms with Crippen LogP contribution in [-0.4, -0.2) is 5.11 Å². The largest absolute Gasteiger partial charge is 0.506 e. The van der Waals surface area contributed by atoms with Gasteiger partial charge in [0.1, 0.15) is 5.75 Å². The Bertz CT molecular complexity index is 326. The molecule has 1 rings (SSSR count). The molecule has 0 aromatic heterocycles. The van der Waals surface area contributed by atoms with Gasteiger partial charge in [-0.25, -0.2) is 5.90 Å². The normalized spacial score (nSPS) is 10.5. The van der Waals surface area contributed by atoms with Crippen molar-refractivity contribution in [2.75, 3.05) is 0 Å². The summed E-state index contributed by atoms with van der Waals surface area (Å²) in [5.74, 6) is 5.08. The highest BCUT2D eigenvalue weighted by atomic mass is 35.5. The van der Waals surface area contributed by atoms with Gasteiger partial charge in [0.2, 0.25) is 0 Å². The summed E-state index contributed by atoms with van der Waals surface area (Å²) in [5, 5.41) is 9.73. The fraction of sp³-hybridized carbons (Fsp3) is 0.333. The van der Waals surface area contributed by atoms with Crippen LogP contribution in [0.1, 0.15) is 16.7 Å². The molecule has 72 valence electrons. The van der Waals surface area contributed by atoms with Gasteiger partial charge in [0.15, 0.2) is 0 Å². The third-order valence-corrected chi connectivity index (χ3v) is 2.54. The van der Waals surface area contributed by atoms with Crippen molar-refractivity contribution < 1.29 is 9.94 Å². The molecule has 4 heteroatoms. The number of phenols is 1. The van der Waals surface area contributed by atoms with Gasteiger partial charge in [-0.1, -0.05) is 11.6 Å².